The van der Waals surface area contributed by atoms with Crippen LogP contribution in [0.5, 0.6) is 5.75 Å². The number of rotatable bonds is 7. The van der Waals surface area contributed by atoms with Gasteiger partial charge in [0.1, 0.15) is 5.75 Å². The highest BCUT2D eigenvalue weighted by molar-refractivity contribution is 5.94. The summed E-state index contributed by atoms with van der Waals surface area (Å²) < 4.78 is 5.53. The predicted octanol–water partition coefficient (Wildman–Crippen LogP) is 3.62. The van der Waals surface area contributed by atoms with Gasteiger partial charge in [-0.05, 0) is 36.2 Å². The highest BCUT2D eigenvalue weighted by Gasteiger charge is 2.08. The third kappa shape index (κ3) is 5.43. The third-order valence-electron chi connectivity index (χ3n) is 3.43. The molecule has 5 heteroatoms. The Morgan fingerprint density at radius 3 is 2.46 bits per heavy atom. The molecule has 2 aromatic rings. The molecule has 2 N–H and O–H groups in total. The van der Waals surface area contributed by atoms with Crippen molar-refractivity contribution >= 4 is 23.2 Å². The van der Waals surface area contributed by atoms with Crippen LogP contribution in [0.3, 0.4) is 0 Å². The van der Waals surface area contributed by atoms with E-state index in [2.05, 4.69) is 10.6 Å². The van der Waals surface area contributed by atoms with Crippen molar-refractivity contribution in [2.24, 2.45) is 0 Å². The van der Waals surface area contributed by atoms with E-state index in [9.17, 15) is 9.59 Å². The molecule has 0 aliphatic carbocycles. The van der Waals surface area contributed by atoms with Crippen LogP contribution in [0.1, 0.15) is 25.8 Å². The number of para-hydroxylation sites is 1. The lowest BCUT2D eigenvalue weighted by molar-refractivity contribution is -0.116. The van der Waals surface area contributed by atoms with Gasteiger partial charge in [0.15, 0.2) is 0 Å². The number of hydrogen-bond acceptors (Lipinski definition) is 3. The Balaban J connectivity index is 1.93. The van der Waals surface area contributed by atoms with Crippen molar-refractivity contribution < 1.29 is 14.3 Å². The predicted molar refractivity (Wildman–Crippen MR) is 95.3 cm³/mol. The summed E-state index contributed by atoms with van der Waals surface area (Å²) in [5.41, 5.74) is 2.39. The summed E-state index contributed by atoms with van der Waals surface area (Å²) in [5.74, 6) is 0.473. The Hall–Kier alpha value is -2.82. The van der Waals surface area contributed by atoms with Gasteiger partial charge in [-0.1, -0.05) is 31.2 Å². The van der Waals surface area contributed by atoms with Gasteiger partial charge in [0, 0.05) is 18.3 Å². The average molecular weight is 326 g/mol. The zero-order chi connectivity index (χ0) is 17.4. The lowest BCUT2D eigenvalue weighted by Crippen LogP contribution is -2.16. The molecule has 0 unspecified atom stereocenters. The number of carbonyl (C=O) groups excluding carboxylic acids is 2. The van der Waals surface area contributed by atoms with E-state index in [1.54, 1.807) is 6.07 Å². The first kappa shape index (κ1) is 17.5. The number of carbonyl (C=O) groups is 2. The monoisotopic (exact) mass is 326 g/mol. The molecule has 0 fully saturated rings. The van der Waals surface area contributed by atoms with Crippen molar-refractivity contribution in [1.29, 1.82) is 0 Å². The summed E-state index contributed by atoms with van der Waals surface area (Å²) in [6.07, 6.45) is 1.04. The molecule has 0 spiro atoms. The van der Waals surface area contributed by atoms with E-state index < -0.39 is 0 Å². The number of amides is 2. The van der Waals surface area contributed by atoms with Gasteiger partial charge in [-0.25, -0.2) is 0 Å². The maximum absolute atomic E-state index is 12.1. The molecule has 24 heavy (non-hydrogen) atoms. The summed E-state index contributed by atoms with van der Waals surface area (Å²) in [6, 6.07) is 14.9. The van der Waals surface area contributed by atoms with Crippen molar-refractivity contribution in [1.82, 2.24) is 0 Å². The van der Waals surface area contributed by atoms with Gasteiger partial charge < -0.3 is 15.4 Å². The summed E-state index contributed by atoms with van der Waals surface area (Å²) in [4.78, 5) is 23.3. The third-order valence-corrected chi connectivity index (χ3v) is 3.43. The van der Waals surface area contributed by atoms with Crippen molar-refractivity contribution in [3.63, 3.8) is 0 Å². The maximum atomic E-state index is 12.1. The number of benzene rings is 2. The number of hydrogen-bond donors (Lipinski definition) is 2. The van der Waals surface area contributed by atoms with E-state index in [-0.39, 0.29) is 18.2 Å². The van der Waals surface area contributed by atoms with Crippen LogP contribution < -0.4 is 15.4 Å². The van der Waals surface area contributed by atoms with Crippen LogP contribution in [0.2, 0.25) is 0 Å². The first-order valence-electron chi connectivity index (χ1n) is 7.96. The molecule has 0 saturated carbocycles. The standard InChI is InChI=1S/C19H22N2O3/c1-3-15-9-10-16(20-14(2)22)13-18(15)21-19(23)11-12-24-17-7-5-4-6-8-17/h4-10,13H,3,11-12H2,1-2H3,(H,20,22)(H,21,23). The first-order chi connectivity index (χ1) is 11.6. The number of anilines is 2. The quantitative estimate of drug-likeness (QED) is 0.816. The van der Waals surface area contributed by atoms with Crippen molar-refractivity contribution in [2.45, 2.75) is 26.7 Å². The zero-order valence-electron chi connectivity index (χ0n) is 14.0. The van der Waals surface area contributed by atoms with Gasteiger partial charge in [0.25, 0.3) is 0 Å². The van der Waals surface area contributed by atoms with Gasteiger partial charge in [0.05, 0.1) is 13.0 Å². The fourth-order valence-corrected chi connectivity index (χ4v) is 2.27. The van der Waals surface area contributed by atoms with Gasteiger partial charge >= 0.3 is 0 Å². The Bertz CT molecular complexity index is 699. The number of nitrogens with one attached hydrogen (secondary N) is 2. The van der Waals surface area contributed by atoms with Crippen LogP contribution in [0.25, 0.3) is 0 Å². The molecule has 0 aromatic heterocycles. The second kappa shape index (κ2) is 8.72. The molecule has 126 valence electrons. The van der Waals surface area contributed by atoms with Gasteiger partial charge in [-0.3, -0.25) is 9.59 Å². The van der Waals surface area contributed by atoms with Gasteiger partial charge in [-0.15, -0.1) is 0 Å². The van der Waals surface area contributed by atoms with Crippen molar-refractivity contribution in [3.8, 4) is 5.75 Å². The lowest BCUT2D eigenvalue weighted by Gasteiger charge is -2.13. The number of ether oxygens (including phenoxy) is 1. The Morgan fingerprint density at radius 1 is 1.04 bits per heavy atom. The van der Waals surface area contributed by atoms with Crippen molar-refractivity contribution in [3.05, 3.63) is 54.1 Å². The molecule has 5 nitrogen and oxygen atoms in total. The molecule has 2 aromatic carbocycles. The van der Waals surface area contributed by atoms with Crippen LogP contribution in [0.4, 0.5) is 11.4 Å². The maximum Gasteiger partial charge on any atom is 0.227 e. The molecule has 0 aliphatic rings. The molecule has 0 heterocycles. The number of aryl methyl sites for hydroxylation is 1. The molecule has 0 atom stereocenters. The fourth-order valence-electron chi connectivity index (χ4n) is 2.27. The Labute approximate surface area is 142 Å². The fraction of sp³-hybridized carbons (Fsp3) is 0.263. The van der Waals surface area contributed by atoms with Crippen LogP contribution in [-0.4, -0.2) is 18.4 Å². The summed E-state index contributed by atoms with van der Waals surface area (Å²) in [5, 5.41) is 5.61. The van der Waals surface area contributed by atoms with E-state index in [1.807, 2.05) is 49.4 Å². The van der Waals surface area contributed by atoms with Crippen molar-refractivity contribution in [2.75, 3.05) is 17.2 Å². The highest BCUT2D eigenvalue weighted by Crippen LogP contribution is 2.22. The molecule has 0 radical (unpaired) electrons. The molecular formula is C19H22N2O3. The minimum atomic E-state index is -0.146. The van der Waals surface area contributed by atoms with Crippen LogP contribution in [0, 0.1) is 0 Å². The molecule has 0 bridgehead atoms. The summed E-state index contributed by atoms with van der Waals surface area (Å²) >= 11 is 0. The topological polar surface area (TPSA) is 67.4 Å². The first-order valence-corrected chi connectivity index (χ1v) is 7.96. The van der Waals surface area contributed by atoms with E-state index in [0.717, 1.165) is 17.7 Å². The molecule has 2 amide bonds. The summed E-state index contributed by atoms with van der Waals surface area (Å²) in [6.45, 7) is 3.77. The second-order valence-corrected chi connectivity index (χ2v) is 5.37. The zero-order valence-corrected chi connectivity index (χ0v) is 14.0. The molecule has 0 saturated heterocycles. The smallest absolute Gasteiger partial charge is 0.227 e. The van der Waals surface area contributed by atoms with Crippen LogP contribution in [-0.2, 0) is 16.0 Å². The lowest BCUT2D eigenvalue weighted by atomic mass is 10.1. The van der Waals surface area contributed by atoms with E-state index in [0.29, 0.717) is 18.0 Å². The molecule has 0 aliphatic heterocycles. The summed E-state index contributed by atoms with van der Waals surface area (Å²) in [7, 11) is 0. The van der Waals surface area contributed by atoms with Gasteiger partial charge in [-0.2, -0.15) is 0 Å². The Morgan fingerprint density at radius 2 is 1.79 bits per heavy atom. The van der Waals surface area contributed by atoms with Crippen LogP contribution >= 0.6 is 0 Å². The Kier molecular flexibility index (Phi) is 6.37. The van der Waals surface area contributed by atoms with E-state index >= 15 is 0 Å². The average Bonchev–Trinajstić information content (AvgIpc) is 2.55. The largest absolute Gasteiger partial charge is 0.493 e. The minimum Gasteiger partial charge on any atom is -0.493 e. The van der Waals surface area contributed by atoms with E-state index in [4.69, 9.17) is 4.74 Å². The van der Waals surface area contributed by atoms with Crippen LogP contribution in [0.15, 0.2) is 48.5 Å². The second-order valence-electron chi connectivity index (χ2n) is 5.37. The molecular weight excluding hydrogens is 304 g/mol. The van der Waals surface area contributed by atoms with E-state index in [1.165, 1.54) is 6.92 Å². The highest BCUT2D eigenvalue weighted by atomic mass is 16.5. The molecule has 2 rings (SSSR count). The SMILES string of the molecule is CCc1ccc(NC(C)=O)cc1NC(=O)CCOc1ccccc1. The normalized spacial score (nSPS) is 10.1. The minimum absolute atomic E-state index is 0.124. The van der Waals surface area contributed by atoms with Gasteiger partial charge in [0.2, 0.25) is 11.8 Å².